The molecule has 0 saturated carbocycles. The maximum absolute atomic E-state index is 11.8. The number of aliphatic hydroxyl groups is 1. The molecule has 0 aromatic carbocycles. The van der Waals surface area contributed by atoms with Crippen molar-refractivity contribution in [2.24, 2.45) is 0 Å². The zero-order valence-electron chi connectivity index (χ0n) is 14.9. The van der Waals surface area contributed by atoms with Gasteiger partial charge in [-0.15, -0.1) is 0 Å². The van der Waals surface area contributed by atoms with Crippen LogP contribution < -0.4 is 26.0 Å². The number of nitrogen functional groups attached to an aromatic ring is 1. The van der Waals surface area contributed by atoms with Gasteiger partial charge < -0.3 is 39.7 Å². The van der Waals surface area contributed by atoms with Crippen LogP contribution in [0.15, 0.2) is 11.1 Å². The number of aromatic amines is 1. The summed E-state index contributed by atoms with van der Waals surface area (Å²) in [6, 6.07) is 0. The third kappa shape index (κ3) is 6.04. The van der Waals surface area contributed by atoms with Crippen LogP contribution in [0.3, 0.4) is 0 Å². The number of anilines is 1. The summed E-state index contributed by atoms with van der Waals surface area (Å²) in [5, 5.41) is 10.1. The topological polar surface area (TPSA) is 287 Å². The van der Waals surface area contributed by atoms with Crippen molar-refractivity contribution in [3.63, 3.8) is 0 Å². The second-order valence-corrected chi connectivity index (χ2v) is 10.3. The SMILES string of the molecule is Nc1nc2c(ncn2[C@H]2C[C@@H](O)[C@@H](COP(=O)([O-])OP(=O)([O-])OP(=O)([O-])O)O2)c(=O)[nH]1. The molecule has 1 aliphatic rings. The van der Waals surface area contributed by atoms with Crippen LogP contribution in [0.1, 0.15) is 12.6 Å². The normalized spacial score (nSPS) is 27.6. The zero-order chi connectivity index (χ0) is 23.2. The highest BCUT2D eigenvalue weighted by molar-refractivity contribution is 7.65. The molecule has 6 atom stereocenters. The number of nitrogens with two attached hydrogens (primary N) is 1. The van der Waals surface area contributed by atoms with Crippen LogP contribution in [0, 0.1) is 0 Å². The predicted octanol–water partition coefficient (Wildman–Crippen LogP) is -3.20. The summed E-state index contributed by atoms with van der Waals surface area (Å²) >= 11 is 0. The number of ether oxygens (including phenoxy) is 1. The highest BCUT2D eigenvalue weighted by atomic mass is 31.3. The maximum atomic E-state index is 11.8. The van der Waals surface area contributed by atoms with E-state index in [9.17, 15) is 38.3 Å². The van der Waals surface area contributed by atoms with Crippen molar-refractivity contribution in [1.82, 2.24) is 19.5 Å². The zero-order valence-corrected chi connectivity index (χ0v) is 17.6. The Morgan fingerprint density at radius 1 is 1.29 bits per heavy atom. The first-order valence-electron chi connectivity index (χ1n) is 7.95. The van der Waals surface area contributed by atoms with Gasteiger partial charge in [-0.1, -0.05) is 0 Å². The van der Waals surface area contributed by atoms with Gasteiger partial charge in [-0.25, -0.2) is 13.6 Å². The Balaban J connectivity index is 1.67. The quantitative estimate of drug-likeness (QED) is 0.257. The van der Waals surface area contributed by atoms with Gasteiger partial charge in [0.1, 0.15) is 12.3 Å². The lowest BCUT2D eigenvalue weighted by atomic mass is 10.2. The van der Waals surface area contributed by atoms with E-state index in [1.54, 1.807) is 0 Å². The van der Waals surface area contributed by atoms with Gasteiger partial charge in [-0.3, -0.25) is 28.0 Å². The molecule has 0 bridgehead atoms. The fourth-order valence-corrected chi connectivity index (χ4v) is 5.54. The Bertz CT molecular complexity index is 1170. The van der Waals surface area contributed by atoms with E-state index in [1.165, 1.54) is 10.9 Å². The number of fused-ring (bicyclic) bond motifs is 1. The standard InChI is InChI=1S/C10H16N5O13P3/c11-10-13-8-7(9(17)14-10)12-3-15(8)6-1-4(16)5(26-6)2-25-30(21,22)28-31(23,24)27-29(18,19)20/h3-6,16H,1-2H2,(H,21,22)(H,23,24)(H2,18,19,20)(H3,11,13,14,17)/p-3/t4-,5-,6-/m1/s1. The Morgan fingerprint density at radius 3 is 2.61 bits per heavy atom. The van der Waals surface area contributed by atoms with Crippen molar-refractivity contribution >= 4 is 40.6 Å². The number of nitrogens with one attached hydrogen (secondary N) is 1. The molecule has 1 fully saturated rings. The summed E-state index contributed by atoms with van der Waals surface area (Å²) < 4.78 is 50.8. The minimum atomic E-state index is -6.05. The number of rotatable bonds is 8. The van der Waals surface area contributed by atoms with Gasteiger partial charge >= 0.3 is 0 Å². The second-order valence-electron chi connectivity index (χ2n) is 6.03. The van der Waals surface area contributed by atoms with Crippen molar-refractivity contribution in [1.29, 1.82) is 0 Å². The van der Waals surface area contributed by atoms with Crippen molar-refractivity contribution < 1.29 is 56.3 Å². The molecule has 3 heterocycles. The molecule has 5 N–H and O–H groups in total. The number of phosphoric ester groups is 1. The van der Waals surface area contributed by atoms with Gasteiger partial charge in [-0.2, -0.15) is 4.98 Å². The summed E-state index contributed by atoms with van der Waals surface area (Å²) in [6.45, 7) is -0.949. The Hall–Kier alpha value is -1.52. The van der Waals surface area contributed by atoms with Crippen LogP contribution in [-0.4, -0.2) is 48.3 Å². The third-order valence-electron chi connectivity index (χ3n) is 3.77. The van der Waals surface area contributed by atoms with Crippen molar-refractivity contribution in [2.45, 2.75) is 24.9 Å². The highest BCUT2D eigenvalue weighted by Gasteiger charge is 2.37. The first kappa shape index (κ1) is 24.1. The number of hydrogen-bond donors (Lipinski definition) is 4. The Labute approximate surface area is 171 Å². The molecule has 18 nitrogen and oxygen atoms in total. The summed E-state index contributed by atoms with van der Waals surface area (Å²) in [5.74, 6) is -0.211. The van der Waals surface area contributed by atoms with Crippen LogP contribution in [0.25, 0.3) is 11.2 Å². The molecule has 21 heteroatoms. The molecule has 174 valence electrons. The molecule has 3 unspecified atom stereocenters. The fraction of sp³-hybridized carbons (Fsp3) is 0.500. The summed E-state index contributed by atoms with van der Waals surface area (Å²) in [6.07, 6.45) is -2.59. The molecular formula is C10H13N5O13P3-3. The van der Waals surface area contributed by atoms with E-state index in [-0.39, 0.29) is 23.5 Å². The number of phosphoric acid groups is 3. The first-order chi connectivity index (χ1) is 14.2. The van der Waals surface area contributed by atoms with Crippen molar-refractivity contribution in [3.05, 3.63) is 16.7 Å². The molecule has 0 radical (unpaired) electrons. The average molecular weight is 504 g/mol. The maximum Gasteiger partial charge on any atom is 0.280 e. The fourth-order valence-electron chi connectivity index (χ4n) is 2.64. The number of nitrogens with zero attached hydrogens (tertiary/aromatic N) is 3. The van der Waals surface area contributed by atoms with Crippen LogP contribution >= 0.6 is 23.5 Å². The number of imidazole rings is 1. The summed E-state index contributed by atoms with van der Waals surface area (Å²) in [4.78, 5) is 63.3. The van der Waals surface area contributed by atoms with E-state index in [0.717, 1.165) is 0 Å². The predicted molar refractivity (Wildman–Crippen MR) is 90.3 cm³/mol. The van der Waals surface area contributed by atoms with E-state index >= 15 is 0 Å². The van der Waals surface area contributed by atoms with Gasteiger partial charge in [0.2, 0.25) is 5.95 Å². The smallest absolute Gasteiger partial charge is 0.280 e. The minimum Gasteiger partial charge on any atom is -0.756 e. The molecule has 0 aliphatic carbocycles. The van der Waals surface area contributed by atoms with E-state index in [2.05, 4.69) is 28.1 Å². The Morgan fingerprint density at radius 2 is 1.97 bits per heavy atom. The monoisotopic (exact) mass is 504 g/mol. The van der Waals surface area contributed by atoms with Gasteiger partial charge in [0.15, 0.2) is 11.2 Å². The van der Waals surface area contributed by atoms with E-state index in [4.69, 9.17) is 15.4 Å². The van der Waals surface area contributed by atoms with Crippen LogP contribution in [0.2, 0.25) is 0 Å². The van der Waals surface area contributed by atoms with E-state index in [0.29, 0.717) is 0 Å². The average Bonchev–Trinajstić information content (AvgIpc) is 3.13. The molecule has 0 spiro atoms. The first-order valence-corrected chi connectivity index (χ1v) is 12.4. The number of H-pyrrole nitrogens is 1. The van der Waals surface area contributed by atoms with Crippen LogP contribution in [-0.2, 0) is 31.6 Å². The van der Waals surface area contributed by atoms with Crippen molar-refractivity contribution in [2.75, 3.05) is 12.3 Å². The summed E-state index contributed by atoms with van der Waals surface area (Å²) in [7, 11) is -17.6. The summed E-state index contributed by atoms with van der Waals surface area (Å²) in [5.41, 5.74) is 4.80. The lowest BCUT2D eigenvalue weighted by molar-refractivity contribution is -0.250. The molecule has 31 heavy (non-hydrogen) atoms. The number of aliphatic hydroxyl groups excluding tert-OH is 1. The molecule has 1 saturated heterocycles. The molecule has 0 amide bonds. The van der Waals surface area contributed by atoms with E-state index < -0.39 is 54.1 Å². The third-order valence-corrected chi connectivity index (χ3v) is 7.46. The van der Waals surface area contributed by atoms with Crippen molar-refractivity contribution in [3.8, 4) is 0 Å². The molecule has 2 aromatic rings. The second kappa shape index (κ2) is 8.44. The molecule has 1 aliphatic heterocycles. The van der Waals surface area contributed by atoms with E-state index in [1.807, 2.05) is 0 Å². The Kier molecular flexibility index (Phi) is 6.57. The molecule has 2 aromatic heterocycles. The molecule has 3 rings (SSSR count). The van der Waals surface area contributed by atoms with Gasteiger partial charge in [0.05, 0.1) is 19.0 Å². The highest BCUT2D eigenvalue weighted by Crippen LogP contribution is 2.61. The van der Waals surface area contributed by atoms with Gasteiger partial charge in [0, 0.05) is 6.42 Å². The lowest BCUT2D eigenvalue weighted by Gasteiger charge is -2.33. The van der Waals surface area contributed by atoms with Gasteiger partial charge in [0.25, 0.3) is 29.0 Å². The van der Waals surface area contributed by atoms with Crippen LogP contribution in [0.4, 0.5) is 5.95 Å². The van der Waals surface area contributed by atoms with Crippen LogP contribution in [0.5, 0.6) is 0 Å². The number of aromatic nitrogens is 4. The van der Waals surface area contributed by atoms with Gasteiger partial charge in [-0.05, 0) is 0 Å². The molecular weight excluding hydrogens is 491 g/mol. The minimum absolute atomic E-state index is 0.0216. The largest absolute Gasteiger partial charge is 0.756 e. The number of hydrogen-bond acceptors (Lipinski definition) is 15. The lowest BCUT2D eigenvalue weighted by Crippen LogP contribution is -2.27.